The first-order valence-electron chi connectivity index (χ1n) is 7.33. The van der Waals surface area contributed by atoms with Gasteiger partial charge in [0, 0.05) is 20.1 Å². The number of hydrogen-bond donors (Lipinski definition) is 1. The van der Waals surface area contributed by atoms with E-state index in [0.29, 0.717) is 19.5 Å². The fraction of sp³-hybridized carbons (Fsp3) is 0.500. The molecule has 1 saturated heterocycles. The summed E-state index contributed by atoms with van der Waals surface area (Å²) in [5, 5.41) is 2.81. The number of amides is 2. The van der Waals surface area contributed by atoms with E-state index >= 15 is 0 Å². The Balaban J connectivity index is 1.53. The van der Waals surface area contributed by atoms with Gasteiger partial charge in [0.2, 0.25) is 0 Å². The van der Waals surface area contributed by atoms with E-state index in [0.717, 1.165) is 16.6 Å². The third kappa shape index (κ3) is 3.97. The van der Waals surface area contributed by atoms with Crippen LogP contribution in [0.1, 0.15) is 12.0 Å². The van der Waals surface area contributed by atoms with Crippen molar-refractivity contribution in [3.05, 3.63) is 23.8 Å². The van der Waals surface area contributed by atoms with Crippen molar-refractivity contribution < 1.29 is 13.2 Å². The molecule has 1 aromatic heterocycles. The van der Waals surface area contributed by atoms with Gasteiger partial charge in [0.25, 0.3) is 0 Å². The Kier molecular flexibility index (Phi) is 4.49. The highest BCUT2D eigenvalue weighted by atomic mass is 32.2. The van der Waals surface area contributed by atoms with Gasteiger partial charge < -0.3 is 10.2 Å². The van der Waals surface area contributed by atoms with Gasteiger partial charge in [-0.05, 0) is 30.0 Å². The normalized spacial score (nSPS) is 19.8. The molecule has 2 heterocycles. The van der Waals surface area contributed by atoms with Gasteiger partial charge in [-0.1, -0.05) is 6.07 Å². The highest BCUT2D eigenvalue weighted by Gasteiger charge is 2.28. The fourth-order valence-corrected chi connectivity index (χ4v) is 5.05. The molecule has 0 saturated carbocycles. The molecular formula is C14H18N4O3S2. The lowest BCUT2D eigenvalue weighted by molar-refractivity contribution is 0.205. The van der Waals surface area contributed by atoms with Crippen LogP contribution in [0.25, 0.3) is 11.0 Å². The van der Waals surface area contributed by atoms with E-state index in [-0.39, 0.29) is 23.5 Å². The third-order valence-corrected chi connectivity index (χ3v) is 6.35. The van der Waals surface area contributed by atoms with Crippen molar-refractivity contribution in [1.29, 1.82) is 0 Å². The quantitative estimate of drug-likeness (QED) is 0.892. The Morgan fingerprint density at radius 1 is 1.39 bits per heavy atom. The predicted molar refractivity (Wildman–Crippen MR) is 89.0 cm³/mol. The second kappa shape index (κ2) is 6.40. The highest BCUT2D eigenvalue weighted by molar-refractivity contribution is 7.91. The molecule has 124 valence electrons. The average molecular weight is 354 g/mol. The predicted octanol–water partition coefficient (Wildman–Crippen LogP) is 1.27. The number of carbonyl (C=O) groups is 1. The number of nitrogens with one attached hydrogen (secondary N) is 1. The molecule has 1 aliphatic rings. The van der Waals surface area contributed by atoms with Crippen LogP contribution in [0.3, 0.4) is 0 Å². The molecule has 1 aromatic carbocycles. The maximum atomic E-state index is 12.1. The summed E-state index contributed by atoms with van der Waals surface area (Å²) in [7, 11) is -1.19. The Labute approximate surface area is 138 Å². The standard InChI is InChI=1S/C14H18N4O3S2/c1-18(8-10-2-3-12-13(6-10)17-22-16-12)14(19)15-7-11-4-5-23(20,21)9-11/h2-3,6,11H,4-5,7-9H2,1H3,(H,15,19). The first-order valence-corrected chi connectivity index (χ1v) is 9.89. The Hall–Kier alpha value is -1.74. The van der Waals surface area contributed by atoms with Gasteiger partial charge in [0.05, 0.1) is 23.2 Å². The molecule has 3 rings (SSSR count). The maximum absolute atomic E-state index is 12.1. The second-order valence-electron chi connectivity index (χ2n) is 5.90. The minimum atomic E-state index is -2.90. The van der Waals surface area contributed by atoms with Crippen LogP contribution >= 0.6 is 11.7 Å². The number of urea groups is 1. The summed E-state index contributed by atoms with van der Waals surface area (Å²) in [4.78, 5) is 13.7. The van der Waals surface area contributed by atoms with Gasteiger partial charge in [-0.2, -0.15) is 8.75 Å². The molecule has 9 heteroatoms. The van der Waals surface area contributed by atoms with E-state index < -0.39 is 9.84 Å². The molecule has 1 N–H and O–H groups in total. The highest BCUT2D eigenvalue weighted by Crippen LogP contribution is 2.18. The Morgan fingerprint density at radius 2 is 2.17 bits per heavy atom. The SMILES string of the molecule is CN(Cc1ccc2nsnc2c1)C(=O)NCC1CCS(=O)(=O)C1. The number of hydrogen-bond acceptors (Lipinski definition) is 6. The number of benzene rings is 1. The summed E-state index contributed by atoms with van der Waals surface area (Å²) in [5.74, 6) is 0.421. The third-order valence-electron chi connectivity index (χ3n) is 3.95. The zero-order valence-corrected chi connectivity index (χ0v) is 14.4. The van der Waals surface area contributed by atoms with E-state index in [1.807, 2.05) is 18.2 Å². The van der Waals surface area contributed by atoms with Crippen LogP contribution in [0.15, 0.2) is 18.2 Å². The van der Waals surface area contributed by atoms with Crippen LogP contribution in [0.5, 0.6) is 0 Å². The molecule has 23 heavy (non-hydrogen) atoms. The van der Waals surface area contributed by atoms with Crippen molar-refractivity contribution in [2.45, 2.75) is 13.0 Å². The molecule has 7 nitrogen and oxygen atoms in total. The number of nitrogens with zero attached hydrogens (tertiary/aromatic N) is 3. The van der Waals surface area contributed by atoms with Crippen molar-refractivity contribution in [2.75, 3.05) is 25.1 Å². The second-order valence-corrected chi connectivity index (χ2v) is 8.66. The largest absolute Gasteiger partial charge is 0.338 e. The van der Waals surface area contributed by atoms with Gasteiger partial charge >= 0.3 is 6.03 Å². The lowest BCUT2D eigenvalue weighted by Gasteiger charge is -2.19. The maximum Gasteiger partial charge on any atom is 0.317 e. The summed E-state index contributed by atoms with van der Waals surface area (Å²) < 4.78 is 31.2. The number of sulfone groups is 1. The van der Waals surface area contributed by atoms with Crippen LogP contribution in [0.2, 0.25) is 0 Å². The minimum Gasteiger partial charge on any atom is -0.338 e. The first-order chi connectivity index (χ1) is 10.9. The molecule has 1 atom stereocenters. The van der Waals surface area contributed by atoms with Crippen LogP contribution < -0.4 is 5.32 Å². The van der Waals surface area contributed by atoms with E-state index in [4.69, 9.17) is 0 Å². The number of fused-ring (bicyclic) bond motifs is 1. The molecule has 1 unspecified atom stereocenters. The van der Waals surface area contributed by atoms with E-state index in [1.165, 1.54) is 11.7 Å². The summed E-state index contributed by atoms with van der Waals surface area (Å²) >= 11 is 1.17. The van der Waals surface area contributed by atoms with Crippen molar-refractivity contribution in [3.63, 3.8) is 0 Å². The monoisotopic (exact) mass is 354 g/mol. The molecule has 2 aromatic rings. The Bertz CT molecular complexity index is 818. The zero-order valence-electron chi connectivity index (χ0n) is 12.7. The first kappa shape index (κ1) is 16.1. The van der Waals surface area contributed by atoms with Gasteiger partial charge in [-0.15, -0.1) is 0 Å². The van der Waals surface area contributed by atoms with E-state index in [1.54, 1.807) is 11.9 Å². The van der Waals surface area contributed by atoms with Crippen molar-refractivity contribution >= 4 is 38.6 Å². The summed E-state index contributed by atoms with van der Waals surface area (Å²) in [5.41, 5.74) is 2.66. The number of aromatic nitrogens is 2. The molecule has 0 radical (unpaired) electrons. The smallest absolute Gasteiger partial charge is 0.317 e. The van der Waals surface area contributed by atoms with Crippen molar-refractivity contribution in [1.82, 2.24) is 19.0 Å². The lowest BCUT2D eigenvalue weighted by Crippen LogP contribution is -2.39. The molecule has 0 aliphatic carbocycles. The molecule has 0 bridgehead atoms. The van der Waals surface area contributed by atoms with Gasteiger partial charge in [0.1, 0.15) is 11.0 Å². The number of rotatable bonds is 4. The zero-order chi connectivity index (χ0) is 16.4. The molecular weight excluding hydrogens is 336 g/mol. The van der Waals surface area contributed by atoms with E-state index in [2.05, 4.69) is 14.1 Å². The Morgan fingerprint density at radius 3 is 2.91 bits per heavy atom. The fourth-order valence-electron chi connectivity index (χ4n) is 2.67. The van der Waals surface area contributed by atoms with E-state index in [9.17, 15) is 13.2 Å². The van der Waals surface area contributed by atoms with Gasteiger partial charge in [-0.3, -0.25) is 0 Å². The summed E-state index contributed by atoms with van der Waals surface area (Å²) in [6.07, 6.45) is 0.625. The summed E-state index contributed by atoms with van der Waals surface area (Å²) in [6, 6.07) is 5.54. The van der Waals surface area contributed by atoms with Gasteiger partial charge in [0.15, 0.2) is 9.84 Å². The lowest BCUT2D eigenvalue weighted by atomic mass is 10.1. The topological polar surface area (TPSA) is 92.3 Å². The molecule has 2 amide bonds. The van der Waals surface area contributed by atoms with Gasteiger partial charge in [-0.25, -0.2) is 13.2 Å². The van der Waals surface area contributed by atoms with Crippen LogP contribution in [-0.2, 0) is 16.4 Å². The molecule has 1 fully saturated rings. The number of carbonyl (C=O) groups excluding carboxylic acids is 1. The average Bonchev–Trinajstić information content (AvgIpc) is 3.10. The van der Waals surface area contributed by atoms with Crippen molar-refractivity contribution in [3.8, 4) is 0 Å². The van der Waals surface area contributed by atoms with Crippen molar-refractivity contribution in [2.24, 2.45) is 5.92 Å². The molecule has 1 aliphatic heterocycles. The van der Waals surface area contributed by atoms with Crippen LogP contribution in [-0.4, -0.2) is 53.2 Å². The minimum absolute atomic E-state index is 0.0229. The summed E-state index contributed by atoms with van der Waals surface area (Å²) in [6.45, 7) is 0.861. The van der Waals surface area contributed by atoms with Crippen LogP contribution in [0, 0.1) is 5.92 Å². The van der Waals surface area contributed by atoms with Crippen LogP contribution in [0.4, 0.5) is 4.79 Å². The molecule has 0 spiro atoms.